The molecule has 0 radical (unpaired) electrons. The third-order valence-electron chi connectivity index (χ3n) is 7.01. The highest BCUT2D eigenvalue weighted by atomic mass is 32.2. The van der Waals surface area contributed by atoms with Gasteiger partial charge in [-0.25, -0.2) is 8.42 Å². The van der Waals surface area contributed by atoms with Gasteiger partial charge in [-0.2, -0.15) is 13.2 Å². The lowest BCUT2D eigenvalue weighted by atomic mass is 10.1. The van der Waals surface area contributed by atoms with E-state index >= 15 is 0 Å². The molecule has 212 valence electrons. The topological polar surface area (TPSA) is 60.9 Å². The highest BCUT2D eigenvalue weighted by molar-refractivity contribution is 7.92. The number of anilines is 2. The maximum atomic E-state index is 13.5. The number of hydrogen-bond acceptors (Lipinski definition) is 4. The predicted molar refractivity (Wildman–Crippen MR) is 152 cm³/mol. The van der Waals surface area contributed by atoms with Crippen LogP contribution in [0.25, 0.3) is 0 Å². The number of alkyl halides is 3. The Kier molecular flexibility index (Phi) is 8.03. The van der Waals surface area contributed by atoms with E-state index in [4.69, 9.17) is 0 Å². The zero-order valence-corrected chi connectivity index (χ0v) is 22.9. The second-order valence-electron chi connectivity index (χ2n) is 9.68. The third kappa shape index (κ3) is 6.38. The lowest BCUT2D eigenvalue weighted by molar-refractivity contribution is -0.137. The molecule has 1 fully saturated rings. The molecule has 0 unspecified atom stereocenters. The Morgan fingerprint density at radius 3 is 1.98 bits per heavy atom. The first kappa shape index (κ1) is 28.2. The number of piperazine rings is 1. The van der Waals surface area contributed by atoms with Crippen molar-refractivity contribution >= 4 is 27.3 Å². The number of amides is 1. The van der Waals surface area contributed by atoms with Gasteiger partial charge < -0.3 is 9.80 Å². The SMILES string of the molecule is O=C(c1ccc(CN(c2ccccc2)S(=O)(=O)c2ccccc2)cc1)N1CCN(c2cccc(C(F)(F)F)c2)CC1. The summed E-state index contributed by atoms with van der Waals surface area (Å²) in [6.07, 6.45) is -4.41. The number of nitrogens with zero attached hydrogens (tertiary/aromatic N) is 3. The first-order valence-electron chi connectivity index (χ1n) is 13.1. The van der Waals surface area contributed by atoms with Gasteiger partial charge in [-0.3, -0.25) is 9.10 Å². The predicted octanol–water partition coefficient (Wildman–Crippen LogP) is 6.06. The van der Waals surface area contributed by atoms with E-state index in [0.29, 0.717) is 48.7 Å². The highest BCUT2D eigenvalue weighted by Crippen LogP contribution is 2.32. The van der Waals surface area contributed by atoms with Crippen molar-refractivity contribution in [1.82, 2.24) is 4.90 Å². The Morgan fingerprint density at radius 1 is 0.756 bits per heavy atom. The number of benzene rings is 4. The maximum absolute atomic E-state index is 13.5. The lowest BCUT2D eigenvalue weighted by Gasteiger charge is -2.36. The Morgan fingerprint density at radius 2 is 1.37 bits per heavy atom. The second-order valence-corrected chi connectivity index (χ2v) is 11.5. The molecule has 0 bridgehead atoms. The van der Waals surface area contributed by atoms with Crippen LogP contribution in [0.15, 0.2) is 114 Å². The zero-order valence-electron chi connectivity index (χ0n) is 22.0. The first-order valence-corrected chi connectivity index (χ1v) is 14.5. The fourth-order valence-electron chi connectivity index (χ4n) is 4.78. The fourth-order valence-corrected chi connectivity index (χ4v) is 6.25. The van der Waals surface area contributed by atoms with Crippen molar-refractivity contribution in [3.8, 4) is 0 Å². The van der Waals surface area contributed by atoms with Gasteiger partial charge in [0, 0.05) is 37.4 Å². The van der Waals surface area contributed by atoms with E-state index < -0.39 is 21.8 Å². The van der Waals surface area contributed by atoms with Gasteiger partial charge >= 0.3 is 6.18 Å². The number of carbonyl (C=O) groups excluding carboxylic acids is 1. The molecule has 6 nitrogen and oxygen atoms in total. The molecule has 1 aliphatic heterocycles. The Bertz CT molecular complexity index is 1590. The van der Waals surface area contributed by atoms with Gasteiger partial charge in [0.15, 0.2) is 0 Å². The van der Waals surface area contributed by atoms with Gasteiger partial charge in [0.1, 0.15) is 0 Å². The smallest absolute Gasteiger partial charge is 0.368 e. The van der Waals surface area contributed by atoms with Crippen molar-refractivity contribution in [2.45, 2.75) is 17.6 Å². The van der Waals surface area contributed by atoms with Gasteiger partial charge in [-0.1, -0.05) is 54.6 Å². The summed E-state index contributed by atoms with van der Waals surface area (Å²) in [5.41, 5.74) is 1.47. The minimum atomic E-state index is -4.41. The summed E-state index contributed by atoms with van der Waals surface area (Å²) in [5.74, 6) is -0.183. The van der Waals surface area contributed by atoms with E-state index in [2.05, 4.69) is 0 Å². The van der Waals surface area contributed by atoms with Crippen LogP contribution in [0.2, 0.25) is 0 Å². The normalized spacial score (nSPS) is 14.1. The summed E-state index contributed by atoms with van der Waals surface area (Å²) in [5, 5.41) is 0. The molecule has 0 aliphatic carbocycles. The molecule has 4 aromatic carbocycles. The van der Waals surface area contributed by atoms with Crippen LogP contribution in [0.5, 0.6) is 0 Å². The number of sulfonamides is 1. The van der Waals surface area contributed by atoms with Crippen LogP contribution >= 0.6 is 0 Å². The quantitative estimate of drug-likeness (QED) is 0.267. The molecule has 5 rings (SSSR count). The average molecular weight is 580 g/mol. The van der Waals surface area contributed by atoms with Crippen molar-refractivity contribution in [3.63, 3.8) is 0 Å². The van der Waals surface area contributed by atoms with E-state index in [1.165, 1.54) is 10.4 Å². The first-order chi connectivity index (χ1) is 19.6. The van der Waals surface area contributed by atoms with Gasteiger partial charge in [-0.15, -0.1) is 0 Å². The Balaban J connectivity index is 1.27. The molecule has 4 aromatic rings. The number of carbonyl (C=O) groups is 1. The van der Waals surface area contributed by atoms with Crippen LogP contribution in [0.3, 0.4) is 0 Å². The zero-order chi connectivity index (χ0) is 29.0. The molecule has 0 atom stereocenters. The van der Waals surface area contributed by atoms with E-state index in [0.717, 1.165) is 12.1 Å². The highest BCUT2D eigenvalue weighted by Gasteiger charge is 2.31. The van der Waals surface area contributed by atoms with Crippen LogP contribution in [0, 0.1) is 0 Å². The van der Waals surface area contributed by atoms with Crippen LogP contribution < -0.4 is 9.21 Å². The summed E-state index contributed by atoms with van der Waals surface area (Å²) in [4.78, 5) is 16.9. The number of rotatable bonds is 7. The molecular formula is C31H28F3N3O3S. The molecule has 1 amide bonds. The van der Waals surface area contributed by atoms with Gasteiger partial charge in [0.05, 0.1) is 22.7 Å². The molecule has 1 aliphatic rings. The van der Waals surface area contributed by atoms with Crippen LogP contribution in [-0.4, -0.2) is 45.4 Å². The van der Waals surface area contributed by atoms with E-state index in [-0.39, 0.29) is 17.3 Å². The van der Waals surface area contributed by atoms with Gasteiger partial charge in [-0.05, 0) is 60.2 Å². The Labute approximate surface area is 237 Å². The van der Waals surface area contributed by atoms with E-state index in [1.807, 2.05) is 11.0 Å². The molecule has 41 heavy (non-hydrogen) atoms. The number of halogens is 3. The van der Waals surface area contributed by atoms with Crippen molar-refractivity contribution in [1.29, 1.82) is 0 Å². The molecule has 0 spiro atoms. The minimum Gasteiger partial charge on any atom is -0.368 e. The monoisotopic (exact) mass is 579 g/mol. The van der Waals surface area contributed by atoms with Gasteiger partial charge in [0.2, 0.25) is 0 Å². The standard InChI is InChI=1S/C31H28F3N3O3S/c32-31(33,34)26-8-7-11-28(22-26)35-18-20-36(21-19-35)30(38)25-16-14-24(15-17-25)23-37(27-9-3-1-4-10-27)41(39,40)29-12-5-2-6-13-29/h1-17,22H,18-21,23H2. The van der Waals surface area contributed by atoms with Crippen molar-refractivity contribution in [3.05, 3.63) is 126 Å². The minimum absolute atomic E-state index is 0.0748. The van der Waals surface area contributed by atoms with Crippen LogP contribution in [0.4, 0.5) is 24.5 Å². The third-order valence-corrected chi connectivity index (χ3v) is 8.80. The van der Waals surface area contributed by atoms with Crippen molar-refractivity contribution in [2.75, 3.05) is 35.4 Å². The molecule has 0 saturated carbocycles. The largest absolute Gasteiger partial charge is 0.416 e. The summed E-state index contributed by atoms with van der Waals surface area (Å²) in [6, 6.07) is 29.1. The van der Waals surface area contributed by atoms with E-state index in [1.54, 1.807) is 89.8 Å². The van der Waals surface area contributed by atoms with Crippen molar-refractivity contribution < 1.29 is 26.4 Å². The number of para-hydroxylation sites is 1. The van der Waals surface area contributed by atoms with Crippen molar-refractivity contribution in [2.24, 2.45) is 0 Å². The average Bonchev–Trinajstić information content (AvgIpc) is 3.00. The second kappa shape index (κ2) is 11.7. The molecule has 0 N–H and O–H groups in total. The summed E-state index contributed by atoms with van der Waals surface area (Å²) >= 11 is 0. The molecule has 1 heterocycles. The molecule has 1 saturated heterocycles. The Hall–Kier alpha value is -4.31. The van der Waals surface area contributed by atoms with E-state index in [9.17, 15) is 26.4 Å². The summed E-state index contributed by atoms with van der Waals surface area (Å²) in [6.45, 7) is 1.64. The van der Waals surface area contributed by atoms with Crippen LogP contribution in [-0.2, 0) is 22.7 Å². The van der Waals surface area contributed by atoms with Gasteiger partial charge in [0.25, 0.3) is 15.9 Å². The molecule has 10 heteroatoms. The number of hydrogen-bond donors (Lipinski definition) is 0. The lowest BCUT2D eigenvalue weighted by Crippen LogP contribution is -2.48. The fraction of sp³-hybridized carbons (Fsp3) is 0.194. The maximum Gasteiger partial charge on any atom is 0.416 e. The molecule has 0 aromatic heterocycles. The summed E-state index contributed by atoms with van der Waals surface area (Å²) in [7, 11) is -3.84. The van der Waals surface area contributed by atoms with Crippen LogP contribution in [0.1, 0.15) is 21.5 Å². The summed E-state index contributed by atoms with van der Waals surface area (Å²) < 4.78 is 67.7. The molecular weight excluding hydrogens is 551 g/mol.